The summed E-state index contributed by atoms with van der Waals surface area (Å²) >= 11 is 0. The van der Waals surface area contributed by atoms with Crippen LogP contribution in [0.5, 0.6) is 0 Å². The van der Waals surface area contributed by atoms with E-state index in [1.54, 1.807) is 0 Å². The molecule has 0 radical (unpaired) electrons. The Balaban J connectivity index is 1.99. The van der Waals surface area contributed by atoms with Crippen LogP contribution in [0.2, 0.25) is 0 Å². The number of nitrogens with zero attached hydrogens (tertiary/aromatic N) is 2. The van der Waals surface area contributed by atoms with Gasteiger partial charge in [0.25, 0.3) is 0 Å². The van der Waals surface area contributed by atoms with Crippen molar-refractivity contribution >= 4 is 11.0 Å². The maximum absolute atomic E-state index is 4.86. The van der Waals surface area contributed by atoms with E-state index in [2.05, 4.69) is 48.0 Å². The maximum Gasteiger partial charge on any atom is 0.111 e. The first kappa shape index (κ1) is 12.7. The topological polar surface area (TPSA) is 29.9 Å². The summed E-state index contributed by atoms with van der Waals surface area (Å²) in [5.74, 6) is 1.24. The third-order valence-electron chi connectivity index (χ3n) is 4.19. The van der Waals surface area contributed by atoms with Crippen molar-refractivity contribution in [1.29, 1.82) is 0 Å². The molecule has 0 bridgehead atoms. The first-order valence-corrected chi connectivity index (χ1v) is 7.41. The number of rotatable bonds is 4. The summed E-state index contributed by atoms with van der Waals surface area (Å²) in [5, 5.41) is 3.64. The molecular formula is C16H23N3. The van der Waals surface area contributed by atoms with Crippen LogP contribution in [0, 0.1) is 0 Å². The molecule has 1 saturated heterocycles. The van der Waals surface area contributed by atoms with Crippen molar-refractivity contribution in [2.24, 2.45) is 0 Å². The summed E-state index contributed by atoms with van der Waals surface area (Å²) in [6, 6.07) is 8.49. The molecule has 1 N–H and O–H groups in total. The van der Waals surface area contributed by atoms with Crippen molar-refractivity contribution in [3.8, 4) is 0 Å². The standard InChI is InChI=1S/C16H23N3/c1-3-11-19-14-8-5-4-7-13(14)18-15(19)12-16(2)9-6-10-17-16/h4-5,7-8,17H,3,6,9-12H2,1-2H3. The number of hydrogen-bond donors (Lipinski definition) is 1. The van der Waals surface area contributed by atoms with Gasteiger partial charge in [-0.05, 0) is 44.9 Å². The van der Waals surface area contributed by atoms with Crippen molar-refractivity contribution in [1.82, 2.24) is 14.9 Å². The summed E-state index contributed by atoms with van der Waals surface area (Å²) < 4.78 is 2.40. The highest BCUT2D eigenvalue weighted by molar-refractivity contribution is 5.75. The highest BCUT2D eigenvalue weighted by Crippen LogP contribution is 2.25. The fourth-order valence-corrected chi connectivity index (χ4v) is 3.19. The van der Waals surface area contributed by atoms with Crippen LogP contribution in [0.15, 0.2) is 24.3 Å². The fourth-order valence-electron chi connectivity index (χ4n) is 3.19. The molecule has 0 amide bonds. The number of aromatic nitrogens is 2. The van der Waals surface area contributed by atoms with Crippen LogP contribution < -0.4 is 5.32 Å². The van der Waals surface area contributed by atoms with Crippen molar-refractivity contribution < 1.29 is 0 Å². The van der Waals surface area contributed by atoms with Gasteiger partial charge in [0.05, 0.1) is 11.0 Å². The third kappa shape index (κ3) is 2.39. The van der Waals surface area contributed by atoms with Gasteiger partial charge in [-0.15, -0.1) is 0 Å². The van der Waals surface area contributed by atoms with Crippen molar-refractivity contribution in [3.05, 3.63) is 30.1 Å². The van der Waals surface area contributed by atoms with Crippen LogP contribution in [0.4, 0.5) is 0 Å². The molecular weight excluding hydrogens is 234 g/mol. The Bertz CT molecular complexity index is 564. The number of imidazole rings is 1. The van der Waals surface area contributed by atoms with Gasteiger partial charge >= 0.3 is 0 Å². The molecule has 19 heavy (non-hydrogen) atoms. The van der Waals surface area contributed by atoms with E-state index in [4.69, 9.17) is 4.98 Å². The van der Waals surface area contributed by atoms with Gasteiger partial charge in [0.2, 0.25) is 0 Å². The molecule has 2 heterocycles. The van der Waals surface area contributed by atoms with E-state index in [0.29, 0.717) is 0 Å². The lowest BCUT2D eigenvalue weighted by Gasteiger charge is -2.24. The van der Waals surface area contributed by atoms with Gasteiger partial charge in [0.1, 0.15) is 5.82 Å². The van der Waals surface area contributed by atoms with E-state index in [1.807, 2.05) is 0 Å². The Morgan fingerprint density at radius 1 is 1.37 bits per heavy atom. The molecule has 3 rings (SSSR count). The van der Waals surface area contributed by atoms with Gasteiger partial charge in [-0.25, -0.2) is 4.98 Å². The number of hydrogen-bond acceptors (Lipinski definition) is 2. The first-order valence-electron chi connectivity index (χ1n) is 7.41. The zero-order chi connectivity index (χ0) is 13.3. The van der Waals surface area contributed by atoms with E-state index >= 15 is 0 Å². The Morgan fingerprint density at radius 2 is 2.21 bits per heavy atom. The average molecular weight is 257 g/mol. The lowest BCUT2D eigenvalue weighted by Crippen LogP contribution is -2.39. The molecule has 3 nitrogen and oxygen atoms in total. The maximum atomic E-state index is 4.86. The van der Waals surface area contributed by atoms with Crippen molar-refractivity contribution in [3.63, 3.8) is 0 Å². The minimum Gasteiger partial charge on any atom is -0.328 e. The number of nitrogens with one attached hydrogen (secondary N) is 1. The van der Waals surface area contributed by atoms with Crippen molar-refractivity contribution in [2.75, 3.05) is 6.54 Å². The minimum atomic E-state index is 0.229. The van der Waals surface area contributed by atoms with Gasteiger partial charge in [0, 0.05) is 18.5 Å². The average Bonchev–Trinajstić information content (AvgIpc) is 2.96. The third-order valence-corrected chi connectivity index (χ3v) is 4.19. The predicted molar refractivity (Wildman–Crippen MR) is 79.4 cm³/mol. The van der Waals surface area contributed by atoms with Crippen LogP contribution in [0.3, 0.4) is 0 Å². The Labute approximate surface area is 115 Å². The lowest BCUT2D eigenvalue weighted by atomic mass is 9.95. The Kier molecular flexibility index (Phi) is 3.31. The number of aryl methyl sites for hydroxylation is 1. The normalized spacial score (nSPS) is 23.3. The molecule has 1 aliphatic rings. The largest absolute Gasteiger partial charge is 0.328 e. The number of benzene rings is 1. The van der Waals surface area contributed by atoms with E-state index in [1.165, 1.54) is 24.2 Å². The van der Waals surface area contributed by atoms with E-state index < -0.39 is 0 Å². The van der Waals surface area contributed by atoms with Crippen LogP contribution in [-0.4, -0.2) is 21.6 Å². The van der Waals surface area contributed by atoms with E-state index in [0.717, 1.165) is 31.4 Å². The monoisotopic (exact) mass is 257 g/mol. The quantitative estimate of drug-likeness (QED) is 0.912. The molecule has 1 aliphatic heterocycles. The van der Waals surface area contributed by atoms with Crippen LogP contribution in [-0.2, 0) is 13.0 Å². The molecule has 2 aromatic rings. The van der Waals surface area contributed by atoms with Crippen molar-refractivity contribution in [2.45, 2.75) is 51.6 Å². The predicted octanol–water partition coefficient (Wildman–Crippen LogP) is 3.13. The molecule has 1 aromatic carbocycles. The number of fused-ring (bicyclic) bond motifs is 1. The zero-order valence-corrected chi connectivity index (χ0v) is 11.9. The van der Waals surface area contributed by atoms with Crippen LogP contribution in [0.1, 0.15) is 38.9 Å². The van der Waals surface area contributed by atoms with Crippen LogP contribution in [0.25, 0.3) is 11.0 Å². The second kappa shape index (κ2) is 4.97. The van der Waals surface area contributed by atoms with Crippen LogP contribution >= 0.6 is 0 Å². The molecule has 0 saturated carbocycles. The summed E-state index contributed by atoms with van der Waals surface area (Å²) in [7, 11) is 0. The van der Waals surface area contributed by atoms with Gasteiger partial charge < -0.3 is 9.88 Å². The SMILES string of the molecule is CCCn1c(CC2(C)CCCN2)nc2ccccc21. The molecule has 1 atom stereocenters. The smallest absolute Gasteiger partial charge is 0.111 e. The first-order chi connectivity index (χ1) is 9.22. The molecule has 1 fully saturated rings. The van der Waals surface area contributed by atoms with E-state index in [-0.39, 0.29) is 5.54 Å². The molecule has 0 spiro atoms. The number of para-hydroxylation sites is 2. The fraction of sp³-hybridized carbons (Fsp3) is 0.562. The zero-order valence-electron chi connectivity index (χ0n) is 11.9. The minimum absolute atomic E-state index is 0.229. The summed E-state index contributed by atoms with van der Waals surface area (Å²) in [5.41, 5.74) is 2.64. The summed E-state index contributed by atoms with van der Waals surface area (Å²) in [6.45, 7) is 6.76. The highest BCUT2D eigenvalue weighted by atomic mass is 15.1. The molecule has 1 aromatic heterocycles. The van der Waals surface area contributed by atoms with Gasteiger partial charge in [-0.3, -0.25) is 0 Å². The molecule has 3 heteroatoms. The summed E-state index contributed by atoms with van der Waals surface area (Å²) in [4.78, 5) is 4.86. The second-order valence-electron chi connectivity index (χ2n) is 5.94. The van der Waals surface area contributed by atoms with Gasteiger partial charge in [-0.1, -0.05) is 19.1 Å². The van der Waals surface area contributed by atoms with Gasteiger partial charge in [0.15, 0.2) is 0 Å². The molecule has 0 aliphatic carbocycles. The lowest BCUT2D eigenvalue weighted by molar-refractivity contribution is 0.396. The van der Waals surface area contributed by atoms with Gasteiger partial charge in [-0.2, -0.15) is 0 Å². The second-order valence-corrected chi connectivity index (χ2v) is 5.94. The Hall–Kier alpha value is -1.35. The highest BCUT2D eigenvalue weighted by Gasteiger charge is 2.30. The summed E-state index contributed by atoms with van der Waals surface area (Å²) in [6.07, 6.45) is 4.71. The van der Waals surface area contributed by atoms with E-state index in [9.17, 15) is 0 Å². The Morgan fingerprint density at radius 3 is 2.95 bits per heavy atom. The molecule has 1 unspecified atom stereocenters. The molecule has 102 valence electrons.